The van der Waals surface area contributed by atoms with Crippen LogP contribution in [0.1, 0.15) is 33.7 Å². The number of rotatable bonds is 4. The first-order valence-electron chi connectivity index (χ1n) is 7.05. The molecule has 0 radical (unpaired) electrons. The predicted octanol–water partition coefficient (Wildman–Crippen LogP) is 4.92. The second-order valence-electron chi connectivity index (χ2n) is 5.60. The third-order valence-electron chi connectivity index (χ3n) is 4.06. The molecule has 2 aromatic carbocycles. The third kappa shape index (κ3) is 2.49. The fourth-order valence-electron chi connectivity index (χ4n) is 3.04. The second kappa shape index (κ2) is 5.61. The first-order chi connectivity index (χ1) is 9.69. The van der Waals surface area contributed by atoms with Crippen molar-refractivity contribution >= 4 is 15.9 Å². The summed E-state index contributed by atoms with van der Waals surface area (Å²) in [6.07, 6.45) is 1.15. The molecule has 0 saturated heterocycles. The van der Waals surface area contributed by atoms with Crippen LogP contribution in [0.4, 0.5) is 0 Å². The van der Waals surface area contributed by atoms with E-state index in [4.69, 9.17) is 4.74 Å². The van der Waals surface area contributed by atoms with E-state index in [0.717, 1.165) is 24.1 Å². The van der Waals surface area contributed by atoms with Crippen LogP contribution in [-0.4, -0.2) is 6.61 Å². The summed E-state index contributed by atoms with van der Waals surface area (Å²) in [6, 6.07) is 13.1. The van der Waals surface area contributed by atoms with E-state index in [0.29, 0.717) is 5.92 Å². The molecule has 1 aliphatic rings. The fraction of sp³-hybridized carbons (Fsp3) is 0.333. The maximum atomic E-state index is 6.11. The molecule has 20 heavy (non-hydrogen) atoms. The van der Waals surface area contributed by atoms with Gasteiger partial charge in [0.25, 0.3) is 0 Å². The summed E-state index contributed by atoms with van der Waals surface area (Å²) in [4.78, 5) is 0. The Kier molecular flexibility index (Phi) is 3.84. The minimum Gasteiger partial charge on any atom is -0.492 e. The molecule has 0 N–H and O–H groups in total. The van der Waals surface area contributed by atoms with Gasteiger partial charge in [-0.3, -0.25) is 0 Å². The number of fused-ring (bicyclic) bond motifs is 1. The topological polar surface area (TPSA) is 9.23 Å². The van der Waals surface area contributed by atoms with Crippen LogP contribution < -0.4 is 4.74 Å². The Bertz CT molecular complexity index is 610. The van der Waals surface area contributed by atoms with Gasteiger partial charge >= 0.3 is 0 Å². The minimum absolute atomic E-state index is 0.556. The van der Waals surface area contributed by atoms with Gasteiger partial charge in [0.05, 0.1) is 6.61 Å². The number of aryl methyl sites for hydroxylation is 2. The van der Waals surface area contributed by atoms with Gasteiger partial charge in [0.1, 0.15) is 5.75 Å². The quantitative estimate of drug-likeness (QED) is 0.723. The molecule has 1 nitrogen and oxygen atoms in total. The lowest BCUT2D eigenvalue weighted by atomic mass is 9.78. The van der Waals surface area contributed by atoms with Crippen molar-refractivity contribution in [1.82, 2.24) is 0 Å². The summed E-state index contributed by atoms with van der Waals surface area (Å²) in [5.41, 5.74) is 6.70. The number of hydrogen-bond acceptors (Lipinski definition) is 1. The standard InChI is InChI=1S/C18H19BrO/c1-12-7-14(10-19)8-13(2)18(12)20-11-16-9-15-5-3-4-6-17(15)16/h3-8,16H,9-11H2,1-2H3. The molecule has 3 rings (SSSR count). The van der Waals surface area contributed by atoms with Crippen molar-refractivity contribution in [2.45, 2.75) is 31.5 Å². The normalized spacial score (nSPS) is 16.4. The zero-order valence-electron chi connectivity index (χ0n) is 11.9. The molecule has 1 atom stereocenters. The van der Waals surface area contributed by atoms with E-state index in [1.807, 2.05) is 0 Å². The lowest BCUT2D eigenvalue weighted by molar-refractivity contribution is 0.272. The Morgan fingerprint density at radius 3 is 2.50 bits per heavy atom. The highest BCUT2D eigenvalue weighted by Crippen LogP contribution is 2.36. The van der Waals surface area contributed by atoms with Crippen LogP contribution in [0.25, 0.3) is 0 Å². The maximum Gasteiger partial charge on any atom is 0.125 e. The lowest BCUT2D eigenvalue weighted by Gasteiger charge is -2.30. The van der Waals surface area contributed by atoms with Crippen LogP contribution >= 0.6 is 15.9 Å². The highest BCUT2D eigenvalue weighted by molar-refractivity contribution is 9.08. The lowest BCUT2D eigenvalue weighted by Crippen LogP contribution is -2.23. The second-order valence-corrected chi connectivity index (χ2v) is 6.16. The van der Waals surface area contributed by atoms with Crippen molar-refractivity contribution in [2.24, 2.45) is 0 Å². The van der Waals surface area contributed by atoms with Gasteiger partial charge in [-0.2, -0.15) is 0 Å². The van der Waals surface area contributed by atoms with E-state index in [1.54, 1.807) is 0 Å². The Labute approximate surface area is 129 Å². The molecule has 0 aliphatic heterocycles. The average molecular weight is 331 g/mol. The van der Waals surface area contributed by atoms with E-state index in [-0.39, 0.29) is 0 Å². The van der Waals surface area contributed by atoms with Crippen molar-refractivity contribution in [2.75, 3.05) is 6.61 Å². The fourth-order valence-corrected chi connectivity index (χ4v) is 3.36. The Morgan fingerprint density at radius 2 is 1.85 bits per heavy atom. The van der Waals surface area contributed by atoms with Crippen LogP contribution in [0.5, 0.6) is 5.75 Å². The SMILES string of the molecule is Cc1cc(CBr)cc(C)c1OCC1Cc2ccccc21. The van der Waals surface area contributed by atoms with Crippen LogP contribution in [0.15, 0.2) is 36.4 Å². The summed E-state index contributed by atoms with van der Waals surface area (Å²) in [5.74, 6) is 1.61. The zero-order chi connectivity index (χ0) is 14.1. The highest BCUT2D eigenvalue weighted by Gasteiger charge is 2.26. The Morgan fingerprint density at radius 1 is 1.15 bits per heavy atom. The largest absolute Gasteiger partial charge is 0.492 e. The van der Waals surface area contributed by atoms with Gasteiger partial charge in [-0.25, -0.2) is 0 Å². The van der Waals surface area contributed by atoms with Gasteiger partial charge in [-0.1, -0.05) is 52.3 Å². The number of ether oxygens (including phenoxy) is 1. The Hall–Kier alpha value is -1.28. The number of halogens is 1. The molecule has 0 amide bonds. The van der Waals surface area contributed by atoms with Crippen molar-refractivity contribution in [3.63, 3.8) is 0 Å². The molecule has 0 saturated carbocycles. The van der Waals surface area contributed by atoms with E-state index < -0.39 is 0 Å². The van der Waals surface area contributed by atoms with Gasteiger partial charge in [-0.05, 0) is 48.1 Å². The van der Waals surface area contributed by atoms with Crippen molar-refractivity contribution in [3.05, 3.63) is 64.2 Å². The molecule has 0 bridgehead atoms. The number of hydrogen-bond donors (Lipinski definition) is 0. The summed E-state index contributed by atoms with van der Waals surface area (Å²) in [7, 11) is 0. The minimum atomic E-state index is 0.556. The summed E-state index contributed by atoms with van der Waals surface area (Å²) in [5, 5.41) is 0.894. The molecular formula is C18H19BrO. The average Bonchev–Trinajstić information content (AvgIpc) is 2.42. The molecule has 0 spiro atoms. The molecule has 0 heterocycles. The van der Waals surface area contributed by atoms with Crippen molar-refractivity contribution in [3.8, 4) is 5.75 Å². The monoisotopic (exact) mass is 330 g/mol. The van der Waals surface area contributed by atoms with Crippen molar-refractivity contribution in [1.29, 1.82) is 0 Å². The van der Waals surface area contributed by atoms with Crippen LogP contribution in [0, 0.1) is 13.8 Å². The molecule has 1 unspecified atom stereocenters. The molecule has 2 aromatic rings. The summed E-state index contributed by atoms with van der Waals surface area (Å²) < 4.78 is 6.11. The molecule has 0 fully saturated rings. The smallest absolute Gasteiger partial charge is 0.125 e. The zero-order valence-corrected chi connectivity index (χ0v) is 13.5. The van der Waals surface area contributed by atoms with Gasteiger partial charge in [0, 0.05) is 11.2 Å². The summed E-state index contributed by atoms with van der Waals surface area (Å²) >= 11 is 3.51. The molecule has 1 aliphatic carbocycles. The van der Waals surface area contributed by atoms with Crippen LogP contribution in [0.3, 0.4) is 0 Å². The number of alkyl halides is 1. The van der Waals surface area contributed by atoms with E-state index >= 15 is 0 Å². The maximum absolute atomic E-state index is 6.11. The van der Waals surface area contributed by atoms with Crippen LogP contribution in [0.2, 0.25) is 0 Å². The van der Waals surface area contributed by atoms with Gasteiger partial charge in [0.15, 0.2) is 0 Å². The van der Waals surface area contributed by atoms with Crippen LogP contribution in [-0.2, 0) is 11.8 Å². The van der Waals surface area contributed by atoms with E-state index in [2.05, 4.69) is 66.2 Å². The van der Waals surface area contributed by atoms with E-state index in [9.17, 15) is 0 Å². The van der Waals surface area contributed by atoms with Gasteiger partial charge in [-0.15, -0.1) is 0 Å². The van der Waals surface area contributed by atoms with Crippen molar-refractivity contribution < 1.29 is 4.74 Å². The molecule has 104 valence electrons. The molecular weight excluding hydrogens is 312 g/mol. The number of benzene rings is 2. The van der Waals surface area contributed by atoms with Gasteiger partial charge in [0.2, 0.25) is 0 Å². The predicted molar refractivity (Wildman–Crippen MR) is 86.9 cm³/mol. The van der Waals surface area contributed by atoms with Gasteiger partial charge < -0.3 is 4.74 Å². The summed E-state index contributed by atoms with van der Waals surface area (Å²) in [6.45, 7) is 5.04. The molecule has 0 aromatic heterocycles. The van der Waals surface area contributed by atoms with E-state index in [1.165, 1.54) is 27.8 Å². The first-order valence-corrected chi connectivity index (χ1v) is 8.18. The highest BCUT2D eigenvalue weighted by atomic mass is 79.9. The first kappa shape index (κ1) is 13.7. The Balaban J connectivity index is 1.71. The third-order valence-corrected chi connectivity index (χ3v) is 4.71. The molecule has 2 heteroatoms.